The Balaban J connectivity index is 0.000000695. The van der Waals surface area contributed by atoms with Gasteiger partial charge in [-0.2, -0.15) is 0 Å². The predicted octanol–water partition coefficient (Wildman–Crippen LogP) is 5.90. The SMILES string of the molecule is CCCNC.CCCNc1cnccc1-c1ccc(C(=O)c2cn(C(=O)N(C)C)c3ccccc23)cc1. The predicted molar refractivity (Wildman–Crippen MR) is 153 cm³/mol. The fourth-order valence-corrected chi connectivity index (χ4v) is 3.99. The lowest BCUT2D eigenvalue weighted by molar-refractivity contribution is 0.104. The van der Waals surface area contributed by atoms with Crippen molar-refractivity contribution < 1.29 is 9.59 Å². The van der Waals surface area contributed by atoms with Crippen LogP contribution >= 0.6 is 0 Å². The molecule has 7 nitrogen and oxygen atoms in total. The van der Waals surface area contributed by atoms with Gasteiger partial charge in [0.25, 0.3) is 0 Å². The molecule has 2 aromatic heterocycles. The molecule has 2 N–H and O–H groups in total. The van der Waals surface area contributed by atoms with Crippen LogP contribution in [-0.4, -0.2) is 60.5 Å². The first-order valence-electron chi connectivity index (χ1n) is 12.7. The quantitative estimate of drug-likeness (QED) is 0.295. The van der Waals surface area contributed by atoms with Crippen molar-refractivity contribution in [2.24, 2.45) is 0 Å². The van der Waals surface area contributed by atoms with Crippen LogP contribution in [0.5, 0.6) is 0 Å². The molecule has 0 saturated heterocycles. The van der Waals surface area contributed by atoms with Gasteiger partial charge in [-0.15, -0.1) is 0 Å². The zero-order chi connectivity index (χ0) is 26.8. The number of hydrogen-bond acceptors (Lipinski definition) is 5. The summed E-state index contributed by atoms with van der Waals surface area (Å²) in [4.78, 5) is 31.7. The molecule has 0 atom stereocenters. The second kappa shape index (κ2) is 13.4. The largest absolute Gasteiger partial charge is 0.383 e. The maximum absolute atomic E-state index is 13.4. The number of nitrogens with one attached hydrogen (secondary N) is 2. The lowest BCUT2D eigenvalue weighted by Crippen LogP contribution is -2.26. The second-order valence-corrected chi connectivity index (χ2v) is 8.96. The third-order valence-electron chi connectivity index (χ3n) is 5.89. The number of para-hydroxylation sites is 1. The molecule has 4 aromatic rings. The Labute approximate surface area is 219 Å². The second-order valence-electron chi connectivity index (χ2n) is 8.96. The summed E-state index contributed by atoms with van der Waals surface area (Å²) in [5.74, 6) is -0.114. The van der Waals surface area contributed by atoms with Crippen molar-refractivity contribution in [1.29, 1.82) is 0 Å². The van der Waals surface area contributed by atoms with E-state index in [1.165, 1.54) is 15.9 Å². The van der Waals surface area contributed by atoms with E-state index in [4.69, 9.17) is 0 Å². The minimum absolute atomic E-state index is 0.114. The molecule has 194 valence electrons. The molecule has 0 fully saturated rings. The minimum atomic E-state index is -0.194. The van der Waals surface area contributed by atoms with Gasteiger partial charge >= 0.3 is 6.03 Å². The smallest absolute Gasteiger partial charge is 0.328 e. The molecular formula is C30H37N5O2. The number of amides is 1. The summed E-state index contributed by atoms with van der Waals surface area (Å²) in [6, 6.07) is 16.8. The van der Waals surface area contributed by atoms with Crippen molar-refractivity contribution in [3.8, 4) is 11.1 Å². The zero-order valence-corrected chi connectivity index (χ0v) is 22.4. The van der Waals surface area contributed by atoms with Crippen LogP contribution in [0.3, 0.4) is 0 Å². The fourth-order valence-electron chi connectivity index (χ4n) is 3.99. The first-order chi connectivity index (χ1) is 17.9. The normalized spacial score (nSPS) is 10.5. The molecule has 37 heavy (non-hydrogen) atoms. The molecule has 0 saturated carbocycles. The molecule has 0 aliphatic heterocycles. The van der Waals surface area contributed by atoms with Crippen molar-refractivity contribution >= 4 is 28.4 Å². The summed E-state index contributed by atoms with van der Waals surface area (Å²) in [5.41, 5.74) is 4.82. The van der Waals surface area contributed by atoms with Gasteiger partial charge in [0, 0.05) is 55.1 Å². The van der Waals surface area contributed by atoms with Gasteiger partial charge in [-0.3, -0.25) is 14.3 Å². The highest BCUT2D eigenvalue weighted by Crippen LogP contribution is 2.29. The van der Waals surface area contributed by atoms with Gasteiger partial charge in [-0.05, 0) is 44.1 Å². The Hall–Kier alpha value is -3.97. The maximum Gasteiger partial charge on any atom is 0.328 e. The number of anilines is 1. The highest BCUT2D eigenvalue weighted by Gasteiger charge is 2.20. The number of ketones is 1. The molecule has 0 unspecified atom stereocenters. The van der Waals surface area contributed by atoms with Gasteiger partial charge in [0.1, 0.15) is 0 Å². The van der Waals surface area contributed by atoms with Gasteiger partial charge in [-0.1, -0.05) is 56.3 Å². The van der Waals surface area contributed by atoms with Crippen LogP contribution in [0.4, 0.5) is 10.5 Å². The van der Waals surface area contributed by atoms with Crippen LogP contribution in [0.2, 0.25) is 0 Å². The standard InChI is InChI=1S/C26H26N4O2.C4H11N/c1-4-14-28-23-16-27-15-13-20(23)18-9-11-19(12-10-18)25(31)22-17-30(26(32)29(2)3)24-8-6-5-7-21(22)24;1-3-4-5-2/h5-13,15-17,28H,4,14H2,1-3H3;5H,3-4H2,1-2H3. The van der Waals surface area contributed by atoms with Gasteiger partial charge in [0.2, 0.25) is 0 Å². The van der Waals surface area contributed by atoms with E-state index in [0.717, 1.165) is 47.2 Å². The van der Waals surface area contributed by atoms with Crippen LogP contribution in [0.15, 0.2) is 73.2 Å². The number of hydrogen-bond donors (Lipinski definition) is 2. The monoisotopic (exact) mass is 499 g/mol. The molecule has 0 bridgehead atoms. The Morgan fingerprint density at radius 2 is 1.65 bits per heavy atom. The Morgan fingerprint density at radius 1 is 0.946 bits per heavy atom. The molecule has 4 rings (SSSR count). The summed E-state index contributed by atoms with van der Waals surface area (Å²) in [6.45, 7) is 6.27. The zero-order valence-electron chi connectivity index (χ0n) is 22.4. The first-order valence-corrected chi connectivity index (χ1v) is 12.7. The molecular weight excluding hydrogens is 462 g/mol. The van der Waals surface area contributed by atoms with Gasteiger partial charge in [0.05, 0.1) is 17.4 Å². The third kappa shape index (κ3) is 6.62. The van der Waals surface area contributed by atoms with E-state index in [0.29, 0.717) is 11.1 Å². The van der Waals surface area contributed by atoms with Crippen molar-refractivity contribution in [2.45, 2.75) is 26.7 Å². The van der Waals surface area contributed by atoms with E-state index >= 15 is 0 Å². The molecule has 2 aromatic carbocycles. The van der Waals surface area contributed by atoms with E-state index in [1.54, 1.807) is 26.5 Å². The Morgan fingerprint density at radius 3 is 2.27 bits per heavy atom. The number of fused-ring (bicyclic) bond motifs is 1. The lowest BCUT2D eigenvalue weighted by Gasteiger charge is -2.11. The van der Waals surface area contributed by atoms with Crippen LogP contribution in [0.1, 0.15) is 42.6 Å². The number of pyridine rings is 1. The third-order valence-corrected chi connectivity index (χ3v) is 5.89. The molecule has 1 amide bonds. The lowest BCUT2D eigenvalue weighted by atomic mass is 9.99. The van der Waals surface area contributed by atoms with Gasteiger partial charge in [-0.25, -0.2) is 4.79 Å². The topological polar surface area (TPSA) is 79.3 Å². The first kappa shape index (κ1) is 27.6. The fraction of sp³-hybridized carbons (Fsp3) is 0.300. The molecule has 0 aliphatic carbocycles. The van der Waals surface area contributed by atoms with Crippen LogP contribution < -0.4 is 10.6 Å². The number of benzene rings is 2. The summed E-state index contributed by atoms with van der Waals surface area (Å²) in [6.07, 6.45) is 7.48. The van der Waals surface area contributed by atoms with Crippen LogP contribution in [0, 0.1) is 0 Å². The number of rotatable bonds is 8. The number of carbonyl (C=O) groups is 2. The summed E-state index contributed by atoms with van der Waals surface area (Å²) < 4.78 is 1.53. The molecule has 0 aliphatic rings. The van der Waals surface area contributed by atoms with Crippen LogP contribution in [-0.2, 0) is 0 Å². The van der Waals surface area contributed by atoms with E-state index < -0.39 is 0 Å². The molecule has 7 heteroatoms. The van der Waals surface area contributed by atoms with Crippen LogP contribution in [0.25, 0.3) is 22.0 Å². The molecule has 0 spiro atoms. The summed E-state index contributed by atoms with van der Waals surface area (Å²) in [5, 5.41) is 7.18. The van der Waals surface area contributed by atoms with E-state index in [-0.39, 0.29) is 11.8 Å². The highest BCUT2D eigenvalue weighted by atomic mass is 16.2. The van der Waals surface area contributed by atoms with Crippen molar-refractivity contribution in [2.75, 3.05) is 39.5 Å². The number of nitrogens with zero attached hydrogens (tertiary/aromatic N) is 3. The Kier molecular flexibility index (Phi) is 9.98. The highest BCUT2D eigenvalue weighted by molar-refractivity contribution is 6.17. The van der Waals surface area contributed by atoms with Gasteiger partial charge < -0.3 is 15.5 Å². The van der Waals surface area contributed by atoms with Crippen molar-refractivity contribution in [3.63, 3.8) is 0 Å². The molecule has 0 radical (unpaired) electrons. The van der Waals surface area contributed by atoms with Gasteiger partial charge in [0.15, 0.2) is 5.78 Å². The average molecular weight is 500 g/mol. The number of aromatic nitrogens is 2. The minimum Gasteiger partial charge on any atom is -0.383 e. The van der Waals surface area contributed by atoms with E-state index in [1.807, 2.05) is 67.8 Å². The Bertz CT molecular complexity index is 1320. The van der Waals surface area contributed by atoms with Crippen molar-refractivity contribution in [3.05, 3.63) is 84.3 Å². The summed E-state index contributed by atoms with van der Waals surface area (Å²) >= 11 is 0. The average Bonchev–Trinajstić information content (AvgIpc) is 3.32. The summed E-state index contributed by atoms with van der Waals surface area (Å²) in [7, 11) is 5.35. The number of carbonyl (C=O) groups excluding carboxylic acids is 2. The molecule has 2 heterocycles. The van der Waals surface area contributed by atoms with E-state index in [2.05, 4.69) is 29.5 Å². The van der Waals surface area contributed by atoms with Crippen molar-refractivity contribution in [1.82, 2.24) is 19.8 Å². The maximum atomic E-state index is 13.4. The van der Waals surface area contributed by atoms with E-state index in [9.17, 15) is 9.59 Å².